The summed E-state index contributed by atoms with van der Waals surface area (Å²) in [5, 5.41) is 4.86. The van der Waals surface area contributed by atoms with Crippen LogP contribution in [0.2, 0.25) is 5.15 Å². The fourth-order valence-corrected chi connectivity index (χ4v) is 2.42. The summed E-state index contributed by atoms with van der Waals surface area (Å²) in [6.07, 6.45) is 6.86. The van der Waals surface area contributed by atoms with Gasteiger partial charge in [0.05, 0.1) is 5.69 Å². The first-order valence-electron chi connectivity index (χ1n) is 6.11. The van der Waals surface area contributed by atoms with Gasteiger partial charge in [-0.2, -0.15) is 5.10 Å². The lowest BCUT2D eigenvalue weighted by molar-refractivity contribution is -0.0383. The molecule has 3 rings (SSSR count). The summed E-state index contributed by atoms with van der Waals surface area (Å²) >= 11 is 5.93. The zero-order valence-corrected chi connectivity index (χ0v) is 10.7. The lowest BCUT2D eigenvalue weighted by Crippen LogP contribution is -2.19. The van der Waals surface area contributed by atoms with Crippen LogP contribution in [0, 0.1) is 0 Å². The van der Waals surface area contributed by atoms with Crippen molar-refractivity contribution in [1.29, 1.82) is 0 Å². The van der Waals surface area contributed by atoms with Gasteiger partial charge in [0.1, 0.15) is 5.15 Å². The highest BCUT2D eigenvalue weighted by molar-refractivity contribution is 6.29. The smallest absolute Gasteiger partial charge is 0.150 e. The summed E-state index contributed by atoms with van der Waals surface area (Å²) in [5.41, 5.74) is 2.04. The second-order valence-electron chi connectivity index (χ2n) is 4.35. The first-order chi connectivity index (χ1) is 8.84. The summed E-state index contributed by atoms with van der Waals surface area (Å²) in [6.45, 7) is 0.807. The molecule has 0 saturated carbocycles. The highest BCUT2D eigenvalue weighted by Crippen LogP contribution is 2.28. The van der Waals surface area contributed by atoms with E-state index in [2.05, 4.69) is 10.1 Å². The number of halogens is 1. The quantitative estimate of drug-likeness (QED) is 0.781. The third-order valence-electron chi connectivity index (χ3n) is 3.12. The highest BCUT2D eigenvalue weighted by Gasteiger charge is 2.19. The third-order valence-corrected chi connectivity index (χ3v) is 3.33. The Morgan fingerprint density at radius 1 is 1.28 bits per heavy atom. The van der Waals surface area contributed by atoms with Crippen LogP contribution in [0.3, 0.4) is 0 Å². The Bertz CT molecular complexity index is 535. The van der Waals surface area contributed by atoms with Crippen molar-refractivity contribution < 1.29 is 4.74 Å². The Hall–Kier alpha value is -1.39. The predicted octanol–water partition coefficient (Wildman–Crippen LogP) is 3.30. The van der Waals surface area contributed by atoms with Gasteiger partial charge in [-0.3, -0.25) is 0 Å². The van der Waals surface area contributed by atoms with E-state index in [0.29, 0.717) is 5.15 Å². The van der Waals surface area contributed by atoms with E-state index in [1.807, 2.05) is 22.9 Å². The molecule has 2 aromatic rings. The van der Waals surface area contributed by atoms with Crippen LogP contribution < -0.4 is 0 Å². The van der Waals surface area contributed by atoms with Crippen molar-refractivity contribution in [2.75, 3.05) is 6.61 Å². The molecule has 5 heteroatoms. The standard InChI is InChI=1S/C13H14ClN3O/c14-12-9-10(4-6-15-12)11-5-7-16-17(11)13-3-1-2-8-18-13/h4-7,9,13H,1-3,8H2. The monoisotopic (exact) mass is 263 g/mol. The van der Waals surface area contributed by atoms with Gasteiger partial charge >= 0.3 is 0 Å². The van der Waals surface area contributed by atoms with E-state index < -0.39 is 0 Å². The Balaban J connectivity index is 1.95. The van der Waals surface area contributed by atoms with Crippen molar-refractivity contribution in [3.8, 4) is 11.3 Å². The Morgan fingerprint density at radius 2 is 2.22 bits per heavy atom. The number of hydrogen-bond donors (Lipinski definition) is 0. The van der Waals surface area contributed by atoms with E-state index in [4.69, 9.17) is 16.3 Å². The summed E-state index contributed by atoms with van der Waals surface area (Å²) in [4.78, 5) is 4.00. The molecule has 18 heavy (non-hydrogen) atoms. The van der Waals surface area contributed by atoms with Gasteiger partial charge in [0.2, 0.25) is 0 Å². The van der Waals surface area contributed by atoms with E-state index >= 15 is 0 Å². The average molecular weight is 264 g/mol. The Kier molecular flexibility index (Phi) is 3.30. The number of nitrogens with zero attached hydrogens (tertiary/aromatic N) is 3. The van der Waals surface area contributed by atoms with Gasteiger partial charge in [0.25, 0.3) is 0 Å². The fraction of sp³-hybridized carbons (Fsp3) is 0.385. The van der Waals surface area contributed by atoms with Crippen LogP contribution in [0.5, 0.6) is 0 Å². The minimum Gasteiger partial charge on any atom is -0.356 e. The molecule has 0 N–H and O–H groups in total. The number of aromatic nitrogens is 3. The Morgan fingerprint density at radius 3 is 3.00 bits per heavy atom. The number of pyridine rings is 1. The zero-order valence-electron chi connectivity index (χ0n) is 9.92. The van der Waals surface area contributed by atoms with E-state index in [0.717, 1.165) is 30.7 Å². The lowest BCUT2D eigenvalue weighted by atomic mass is 10.1. The molecule has 1 saturated heterocycles. The number of ether oxygens (including phenoxy) is 1. The maximum atomic E-state index is 5.93. The van der Waals surface area contributed by atoms with Gasteiger partial charge in [-0.05, 0) is 37.5 Å². The van der Waals surface area contributed by atoms with Crippen LogP contribution in [0.15, 0.2) is 30.6 Å². The highest BCUT2D eigenvalue weighted by atomic mass is 35.5. The number of hydrogen-bond acceptors (Lipinski definition) is 3. The first-order valence-corrected chi connectivity index (χ1v) is 6.49. The van der Waals surface area contributed by atoms with Gasteiger partial charge in [0.15, 0.2) is 6.23 Å². The molecule has 0 aromatic carbocycles. The second kappa shape index (κ2) is 5.08. The van der Waals surface area contributed by atoms with Gasteiger partial charge in [0, 0.05) is 24.6 Å². The van der Waals surface area contributed by atoms with Crippen molar-refractivity contribution in [3.05, 3.63) is 35.7 Å². The molecule has 2 aromatic heterocycles. The van der Waals surface area contributed by atoms with Crippen LogP contribution >= 0.6 is 11.6 Å². The molecule has 1 aliphatic heterocycles. The zero-order chi connectivity index (χ0) is 12.4. The molecular weight excluding hydrogens is 250 g/mol. The second-order valence-corrected chi connectivity index (χ2v) is 4.74. The maximum Gasteiger partial charge on any atom is 0.150 e. The van der Waals surface area contributed by atoms with Crippen LogP contribution in [0.4, 0.5) is 0 Å². The minimum absolute atomic E-state index is 0.0377. The van der Waals surface area contributed by atoms with Gasteiger partial charge in [-0.15, -0.1) is 0 Å². The molecule has 0 spiro atoms. The first kappa shape index (κ1) is 11.7. The Labute approximate surface area is 111 Å². The van der Waals surface area contributed by atoms with Crippen LogP contribution in [-0.4, -0.2) is 21.4 Å². The van der Waals surface area contributed by atoms with Crippen molar-refractivity contribution in [1.82, 2.24) is 14.8 Å². The SMILES string of the molecule is Clc1cc(-c2ccnn2C2CCCCO2)ccn1. The summed E-state index contributed by atoms with van der Waals surface area (Å²) in [5.74, 6) is 0. The van der Waals surface area contributed by atoms with E-state index in [1.165, 1.54) is 6.42 Å². The molecule has 0 bridgehead atoms. The summed E-state index contributed by atoms with van der Waals surface area (Å²) < 4.78 is 7.70. The fourth-order valence-electron chi connectivity index (χ4n) is 2.25. The molecule has 94 valence electrons. The van der Waals surface area contributed by atoms with Crippen LogP contribution in [-0.2, 0) is 4.74 Å². The molecule has 3 heterocycles. The van der Waals surface area contributed by atoms with Crippen molar-refractivity contribution >= 4 is 11.6 Å². The minimum atomic E-state index is 0.0377. The van der Waals surface area contributed by atoms with Gasteiger partial charge in [-0.1, -0.05) is 11.6 Å². The number of rotatable bonds is 2. The summed E-state index contributed by atoms with van der Waals surface area (Å²) in [6, 6.07) is 5.75. The molecule has 0 aliphatic carbocycles. The largest absolute Gasteiger partial charge is 0.356 e. The molecular formula is C13H14ClN3O. The third kappa shape index (κ3) is 2.26. The predicted molar refractivity (Wildman–Crippen MR) is 69.3 cm³/mol. The van der Waals surface area contributed by atoms with E-state index in [9.17, 15) is 0 Å². The molecule has 1 atom stereocenters. The maximum absolute atomic E-state index is 5.93. The topological polar surface area (TPSA) is 39.9 Å². The molecule has 1 unspecified atom stereocenters. The van der Waals surface area contributed by atoms with E-state index in [1.54, 1.807) is 12.4 Å². The molecule has 0 radical (unpaired) electrons. The van der Waals surface area contributed by atoms with Gasteiger partial charge < -0.3 is 4.74 Å². The molecule has 1 fully saturated rings. The lowest BCUT2D eigenvalue weighted by Gasteiger charge is -2.24. The molecule has 0 amide bonds. The van der Waals surface area contributed by atoms with Crippen molar-refractivity contribution in [2.45, 2.75) is 25.5 Å². The molecule has 4 nitrogen and oxygen atoms in total. The molecule has 1 aliphatic rings. The van der Waals surface area contributed by atoms with E-state index in [-0.39, 0.29) is 6.23 Å². The average Bonchev–Trinajstić information content (AvgIpc) is 2.89. The van der Waals surface area contributed by atoms with Crippen LogP contribution in [0.1, 0.15) is 25.5 Å². The summed E-state index contributed by atoms with van der Waals surface area (Å²) in [7, 11) is 0. The van der Waals surface area contributed by atoms with Crippen molar-refractivity contribution in [3.63, 3.8) is 0 Å². The normalized spacial score (nSPS) is 19.9. The van der Waals surface area contributed by atoms with Crippen molar-refractivity contribution in [2.24, 2.45) is 0 Å². The van der Waals surface area contributed by atoms with Gasteiger partial charge in [-0.25, -0.2) is 9.67 Å². The van der Waals surface area contributed by atoms with Crippen LogP contribution in [0.25, 0.3) is 11.3 Å².